The Morgan fingerprint density at radius 1 is 1.21 bits per heavy atom. The number of rotatable bonds is 6. The molecule has 0 aliphatic carbocycles. The largest absolute Gasteiger partial charge is 0.417 e. The first kappa shape index (κ1) is 18.3. The quantitative estimate of drug-likeness (QED) is 0.754. The maximum Gasteiger partial charge on any atom is 0.417 e. The fourth-order valence-electron chi connectivity index (χ4n) is 1.94. The second kappa shape index (κ2) is 7.67. The summed E-state index contributed by atoms with van der Waals surface area (Å²) in [6, 6.07) is 5.21. The molecule has 2 rings (SSSR count). The zero-order valence-electron chi connectivity index (χ0n) is 13.0. The van der Waals surface area contributed by atoms with E-state index in [1.54, 1.807) is 20.1 Å². The van der Waals surface area contributed by atoms with Crippen LogP contribution in [0.1, 0.15) is 11.3 Å². The van der Waals surface area contributed by atoms with Crippen molar-refractivity contribution in [3.05, 3.63) is 40.5 Å². The zero-order chi connectivity index (χ0) is 17.7. The van der Waals surface area contributed by atoms with Gasteiger partial charge in [0.05, 0.1) is 17.2 Å². The molecule has 0 saturated heterocycles. The van der Waals surface area contributed by atoms with Crippen molar-refractivity contribution in [2.75, 3.05) is 30.9 Å². The van der Waals surface area contributed by atoms with Gasteiger partial charge >= 0.3 is 6.18 Å². The summed E-state index contributed by atoms with van der Waals surface area (Å²) in [5.74, 6) is 0.734. The lowest BCUT2D eigenvalue weighted by molar-refractivity contribution is -0.137. The number of aromatic nitrogens is 2. The third-order valence-corrected chi connectivity index (χ3v) is 3.32. The SMILES string of the molecule is COCCNc1nc(C)cc(Nc2ccc(Cl)c(C(F)(F)F)c2)n1. The van der Waals surface area contributed by atoms with Crippen molar-refractivity contribution in [1.82, 2.24) is 9.97 Å². The Labute approximate surface area is 142 Å². The van der Waals surface area contributed by atoms with Crippen LogP contribution in [0.25, 0.3) is 0 Å². The number of alkyl halides is 3. The molecule has 0 amide bonds. The maximum atomic E-state index is 12.9. The summed E-state index contributed by atoms with van der Waals surface area (Å²) in [5.41, 5.74) is -0.0107. The Bertz CT molecular complexity index is 710. The number of hydrogen-bond donors (Lipinski definition) is 2. The number of methoxy groups -OCH3 is 1. The van der Waals surface area contributed by atoms with Crippen molar-refractivity contribution < 1.29 is 17.9 Å². The topological polar surface area (TPSA) is 59.1 Å². The van der Waals surface area contributed by atoms with Gasteiger partial charge in [-0.25, -0.2) is 4.98 Å². The molecule has 0 atom stereocenters. The molecule has 2 aromatic rings. The number of benzene rings is 1. The molecule has 1 aromatic carbocycles. The van der Waals surface area contributed by atoms with Crippen molar-refractivity contribution in [3.63, 3.8) is 0 Å². The molecule has 1 heterocycles. The molecular weight excluding hydrogens is 345 g/mol. The Hall–Kier alpha value is -2.06. The van der Waals surface area contributed by atoms with Gasteiger partial charge in [-0.1, -0.05) is 11.6 Å². The molecule has 0 radical (unpaired) electrons. The molecule has 5 nitrogen and oxygen atoms in total. The fourth-order valence-corrected chi connectivity index (χ4v) is 2.17. The van der Waals surface area contributed by atoms with E-state index in [1.807, 2.05) is 0 Å². The summed E-state index contributed by atoms with van der Waals surface area (Å²) >= 11 is 5.61. The second-order valence-corrected chi connectivity index (χ2v) is 5.36. The van der Waals surface area contributed by atoms with Crippen molar-refractivity contribution in [3.8, 4) is 0 Å². The summed E-state index contributed by atoms with van der Waals surface area (Å²) in [5, 5.41) is 5.45. The van der Waals surface area contributed by atoms with E-state index >= 15 is 0 Å². The number of anilines is 3. The van der Waals surface area contributed by atoms with Crippen LogP contribution < -0.4 is 10.6 Å². The van der Waals surface area contributed by atoms with Crippen LogP contribution in [0.5, 0.6) is 0 Å². The zero-order valence-corrected chi connectivity index (χ0v) is 13.8. The van der Waals surface area contributed by atoms with Crippen LogP contribution in [0, 0.1) is 6.92 Å². The van der Waals surface area contributed by atoms with E-state index < -0.39 is 11.7 Å². The van der Waals surface area contributed by atoms with Crippen LogP contribution in [0.3, 0.4) is 0 Å². The molecule has 0 unspecified atom stereocenters. The number of hydrogen-bond acceptors (Lipinski definition) is 5. The third kappa shape index (κ3) is 4.97. The molecule has 24 heavy (non-hydrogen) atoms. The summed E-state index contributed by atoms with van der Waals surface area (Å²) in [7, 11) is 1.57. The van der Waals surface area contributed by atoms with Gasteiger partial charge in [-0.15, -0.1) is 0 Å². The van der Waals surface area contributed by atoms with E-state index in [1.165, 1.54) is 12.1 Å². The molecule has 0 fully saturated rings. The minimum absolute atomic E-state index is 0.229. The second-order valence-electron chi connectivity index (χ2n) is 4.96. The van der Waals surface area contributed by atoms with E-state index in [9.17, 15) is 13.2 Å². The standard InChI is InChI=1S/C15H16ClF3N4O/c1-9-7-13(23-14(21-9)20-5-6-24-2)22-10-3-4-12(16)11(8-10)15(17,18)19/h3-4,7-8H,5-6H2,1-2H3,(H2,20,21,22,23). The van der Waals surface area contributed by atoms with Crippen LogP contribution in [-0.4, -0.2) is 30.2 Å². The van der Waals surface area contributed by atoms with Gasteiger partial charge in [0.1, 0.15) is 5.82 Å². The number of halogens is 4. The third-order valence-electron chi connectivity index (χ3n) is 2.99. The summed E-state index contributed by atoms with van der Waals surface area (Å²) < 4.78 is 43.7. The predicted molar refractivity (Wildman–Crippen MR) is 86.9 cm³/mol. The molecule has 1 aromatic heterocycles. The van der Waals surface area contributed by atoms with E-state index in [0.29, 0.717) is 30.6 Å². The lowest BCUT2D eigenvalue weighted by Gasteiger charge is -2.13. The van der Waals surface area contributed by atoms with Gasteiger partial charge < -0.3 is 15.4 Å². The van der Waals surface area contributed by atoms with Crippen molar-refractivity contribution >= 4 is 29.1 Å². The van der Waals surface area contributed by atoms with Crippen LogP contribution in [0.4, 0.5) is 30.6 Å². The van der Waals surface area contributed by atoms with Crippen molar-refractivity contribution in [2.45, 2.75) is 13.1 Å². The first-order chi connectivity index (χ1) is 11.3. The van der Waals surface area contributed by atoms with E-state index in [2.05, 4.69) is 20.6 Å². The molecule has 0 aliphatic rings. The highest BCUT2D eigenvalue weighted by Gasteiger charge is 2.33. The minimum atomic E-state index is -4.52. The number of nitrogens with zero attached hydrogens (tertiary/aromatic N) is 2. The highest BCUT2D eigenvalue weighted by atomic mass is 35.5. The van der Waals surface area contributed by atoms with Crippen LogP contribution in [0.15, 0.2) is 24.3 Å². The highest BCUT2D eigenvalue weighted by Crippen LogP contribution is 2.36. The number of nitrogens with one attached hydrogen (secondary N) is 2. The first-order valence-electron chi connectivity index (χ1n) is 7.02. The Morgan fingerprint density at radius 3 is 2.62 bits per heavy atom. The predicted octanol–water partition coefficient (Wildman–Crippen LogP) is 4.26. The Kier molecular flexibility index (Phi) is 5.84. The average molecular weight is 361 g/mol. The van der Waals surface area contributed by atoms with Crippen LogP contribution in [0.2, 0.25) is 5.02 Å². The summed E-state index contributed by atoms with van der Waals surface area (Å²) in [6.07, 6.45) is -4.52. The monoisotopic (exact) mass is 360 g/mol. The van der Waals surface area contributed by atoms with Gasteiger partial charge in [-0.05, 0) is 25.1 Å². The highest BCUT2D eigenvalue weighted by molar-refractivity contribution is 6.31. The average Bonchev–Trinajstić information content (AvgIpc) is 2.48. The molecule has 9 heteroatoms. The molecule has 0 saturated carbocycles. The van der Waals surface area contributed by atoms with Gasteiger partial charge in [0, 0.05) is 31.1 Å². The van der Waals surface area contributed by atoms with Gasteiger partial charge in [0.2, 0.25) is 5.95 Å². The van der Waals surface area contributed by atoms with Crippen molar-refractivity contribution in [1.29, 1.82) is 0 Å². The Balaban J connectivity index is 2.22. The van der Waals surface area contributed by atoms with Gasteiger partial charge in [0.15, 0.2) is 0 Å². The molecule has 0 spiro atoms. The number of aryl methyl sites for hydroxylation is 1. The van der Waals surface area contributed by atoms with Gasteiger partial charge in [-0.3, -0.25) is 0 Å². The smallest absolute Gasteiger partial charge is 0.383 e. The molecular formula is C15H16ClF3N4O. The van der Waals surface area contributed by atoms with Crippen molar-refractivity contribution in [2.24, 2.45) is 0 Å². The maximum absolute atomic E-state index is 12.9. The van der Waals surface area contributed by atoms with Crippen LogP contribution >= 0.6 is 11.6 Å². The van der Waals surface area contributed by atoms with Crippen LogP contribution in [-0.2, 0) is 10.9 Å². The van der Waals surface area contributed by atoms with E-state index in [-0.39, 0.29) is 10.7 Å². The number of ether oxygens (including phenoxy) is 1. The summed E-state index contributed by atoms with van der Waals surface area (Å²) in [4.78, 5) is 8.41. The molecule has 2 N–H and O–H groups in total. The van der Waals surface area contributed by atoms with Gasteiger partial charge in [0.25, 0.3) is 0 Å². The van der Waals surface area contributed by atoms with E-state index in [0.717, 1.165) is 6.07 Å². The normalized spacial score (nSPS) is 11.4. The Morgan fingerprint density at radius 2 is 1.96 bits per heavy atom. The molecule has 0 aliphatic heterocycles. The first-order valence-corrected chi connectivity index (χ1v) is 7.39. The summed E-state index contributed by atoms with van der Waals surface area (Å²) in [6.45, 7) is 2.75. The van der Waals surface area contributed by atoms with Gasteiger partial charge in [-0.2, -0.15) is 18.2 Å². The minimum Gasteiger partial charge on any atom is -0.383 e. The fraction of sp³-hybridized carbons (Fsp3) is 0.333. The van der Waals surface area contributed by atoms with E-state index in [4.69, 9.17) is 16.3 Å². The lowest BCUT2D eigenvalue weighted by Crippen LogP contribution is -2.11. The molecule has 0 bridgehead atoms. The molecule has 130 valence electrons. The lowest BCUT2D eigenvalue weighted by atomic mass is 10.2.